The Bertz CT molecular complexity index is 572. The normalized spacial score (nSPS) is 10.4. The highest BCUT2D eigenvalue weighted by Gasteiger charge is 2.11. The van der Waals surface area contributed by atoms with Crippen LogP contribution in [0.2, 0.25) is 5.02 Å². The van der Waals surface area contributed by atoms with Crippen molar-refractivity contribution in [2.75, 3.05) is 5.73 Å². The van der Waals surface area contributed by atoms with E-state index in [2.05, 4.69) is 9.97 Å². The molecule has 0 spiro atoms. The summed E-state index contributed by atoms with van der Waals surface area (Å²) in [7, 11) is 0. The number of hydrogen-bond donors (Lipinski definition) is 1. The van der Waals surface area contributed by atoms with Gasteiger partial charge in [0.25, 0.3) is 0 Å². The molecule has 5 heteroatoms. The van der Waals surface area contributed by atoms with Gasteiger partial charge >= 0.3 is 0 Å². The number of ether oxygens (including phenoxy) is 1. The first kappa shape index (κ1) is 12.6. The Labute approximate surface area is 111 Å². The largest absolute Gasteiger partial charge is 0.437 e. The summed E-state index contributed by atoms with van der Waals surface area (Å²) in [6, 6.07) is 5.58. The minimum atomic E-state index is 0.436. The average Bonchev–Trinajstić information content (AvgIpc) is 2.33. The summed E-state index contributed by atoms with van der Waals surface area (Å²) in [4.78, 5) is 8.04. The van der Waals surface area contributed by atoms with Crippen molar-refractivity contribution in [3.05, 3.63) is 40.7 Å². The van der Waals surface area contributed by atoms with E-state index in [9.17, 15) is 0 Å². The average molecular weight is 264 g/mol. The zero-order chi connectivity index (χ0) is 13.1. The monoisotopic (exact) mass is 263 g/mol. The van der Waals surface area contributed by atoms with Crippen molar-refractivity contribution >= 4 is 17.4 Å². The fraction of sp³-hybridized carbons (Fsp3) is 0.231. The van der Waals surface area contributed by atoms with Crippen LogP contribution in [0.25, 0.3) is 0 Å². The minimum Gasteiger partial charge on any atom is -0.437 e. The number of aryl methyl sites for hydroxylation is 1. The van der Waals surface area contributed by atoms with Crippen LogP contribution >= 0.6 is 11.6 Å². The molecule has 1 heterocycles. The molecule has 0 bridgehead atoms. The number of nitrogens with two attached hydrogens (primary N) is 1. The molecule has 0 aliphatic rings. The van der Waals surface area contributed by atoms with Gasteiger partial charge in [0.1, 0.15) is 17.9 Å². The number of anilines is 1. The van der Waals surface area contributed by atoms with Gasteiger partial charge in [0.05, 0.1) is 10.6 Å². The van der Waals surface area contributed by atoms with Gasteiger partial charge in [-0.25, -0.2) is 9.97 Å². The van der Waals surface area contributed by atoms with Crippen LogP contribution in [-0.4, -0.2) is 9.97 Å². The van der Waals surface area contributed by atoms with Crippen molar-refractivity contribution in [1.29, 1.82) is 0 Å². The van der Waals surface area contributed by atoms with E-state index in [1.165, 1.54) is 6.33 Å². The molecule has 94 valence electrons. The molecule has 0 aliphatic carbocycles. The number of rotatable bonds is 3. The van der Waals surface area contributed by atoms with Crippen molar-refractivity contribution in [1.82, 2.24) is 9.97 Å². The maximum atomic E-state index is 6.12. The topological polar surface area (TPSA) is 61.0 Å². The van der Waals surface area contributed by atoms with Crippen LogP contribution < -0.4 is 10.5 Å². The molecule has 0 saturated heterocycles. The third-order valence-electron chi connectivity index (χ3n) is 2.59. The fourth-order valence-corrected chi connectivity index (χ4v) is 1.90. The van der Waals surface area contributed by atoms with Crippen LogP contribution in [0.4, 0.5) is 5.82 Å². The van der Waals surface area contributed by atoms with Gasteiger partial charge in [-0.1, -0.05) is 24.6 Å². The third-order valence-corrected chi connectivity index (χ3v) is 2.88. The summed E-state index contributed by atoms with van der Waals surface area (Å²) >= 11 is 6.12. The molecule has 1 aromatic heterocycles. The fourth-order valence-electron chi connectivity index (χ4n) is 1.62. The molecule has 0 saturated carbocycles. The number of halogens is 1. The number of aromatic nitrogens is 2. The number of nitrogens with zero attached hydrogens (tertiary/aromatic N) is 2. The molecule has 0 atom stereocenters. The van der Waals surface area contributed by atoms with Crippen LogP contribution in [0, 0.1) is 6.92 Å². The summed E-state index contributed by atoms with van der Waals surface area (Å²) in [6.45, 7) is 3.94. The summed E-state index contributed by atoms with van der Waals surface area (Å²) in [6.07, 6.45) is 2.08. The van der Waals surface area contributed by atoms with Crippen LogP contribution in [0.3, 0.4) is 0 Å². The van der Waals surface area contributed by atoms with Crippen molar-refractivity contribution in [2.45, 2.75) is 20.3 Å². The van der Waals surface area contributed by atoms with Crippen molar-refractivity contribution in [3.63, 3.8) is 0 Å². The first-order valence-corrected chi connectivity index (χ1v) is 6.03. The lowest BCUT2D eigenvalue weighted by atomic mass is 10.2. The Hall–Kier alpha value is -1.81. The Kier molecular flexibility index (Phi) is 3.67. The molecular formula is C13H14ClN3O. The molecule has 0 fully saturated rings. The predicted molar refractivity (Wildman–Crippen MR) is 72.1 cm³/mol. The zero-order valence-corrected chi connectivity index (χ0v) is 11.0. The molecule has 0 amide bonds. The molecular weight excluding hydrogens is 250 g/mol. The Morgan fingerprint density at radius 2 is 2.11 bits per heavy atom. The van der Waals surface area contributed by atoms with E-state index in [0.717, 1.165) is 11.1 Å². The third kappa shape index (κ3) is 2.54. The summed E-state index contributed by atoms with van der Waals surface area (Å²) in [5.74, 6) is 1.46. The smallest absolute Gasteiger partial charge is 0.227 e. The molecule has 4 nitrogen and oxygen atoms in total. The van der Waals surface area contributed by atoms with E-state index in [1.54, 1.807) is 0 Å². The first-order chi connectivity index (χ1) is 8.61. The molecule has 0 unspecified atom stereocenters. The molecule has 0 aliphatic heterocycles. The maximum absolute atomic E-state index is 6.12. The van der Waals surface area contributed by atoms with Gasteiger partial charge in [0.2, 0.25) is 5.88 Å². The number of nitrogen functional groups attached to an aromatic ring is 1. The SMILES string of the molecule is CCc1c(N)ncnc1Oc1ccc(C)cc1Cl. The second-order valence-electron chi connectivity index (χ2n) is 3.93. The van der Waals surface area contributed by atoms with Gasteiger partial charge in [-0.15, -0.1) is 0 Å². The van der Waals surface area contributed by atoms with Crippen LogP contribution in [0.5, 0.6) is 11.6 Å². The van der Waals surface area contributed by atoms with E-state index >= 15 is 0 Å². The van der Waals surface area contributed by atoms with E-state index in [0.29, 0.717) is 28.9 Å². The molecule has 2 rings (SSSR count). The second kappa shape index (κ2) is 5.23. The Balaban J connectivity index is 2.37. The van der Waals surface area contributed by atoms with Crippen LogP contribution in [0.1, 0.15) is 18.1 Å². The van der Waals surface area contributed by atoms with E-state index < -0.39 is 0 Å². The Morgan fingerprint density at radius 3 is 2.78 bits per heavy atom. The van der Waals surface area contributed by atoms with E-state index in [-0.39, 0.29) is 0 Å². The Morgan fingerprint density at radius 1 is 1.33 bits per heavy atom. The van der Waals surface area contributed by atoms with Gasteiger partial charge in [-0.05, 0) is 31.0 Å². The van der Waals surface area contributed by atoms with Gasteiger partial charge in [0.15, 0.2) is 0 Å². The lowest BCUT2D eigenvalue weighted by Crippen LogP contribution is -2.01. The van der Waals surface area contributed by atoms with Gasteiger partial charge < -0.3 is 10.5 Å². The molecule has 0 radical (unpaired) electrons. The number of hydrogen-bond acceptors (Lipinski definition) is 4. The highest BCUT2D eigenvalue weighted by Crippen LogP contribution is 2.31. The first-order valence-electron chi connectivity index (χ1n) is 5.65. The lowest BCUT2D eigenvalue weighted by Gasteiger charge is -2.11. The van der Waals surface area contributed by atoms with Gasteiger partial charge in [-0.2, -0.15) is 0 Å². The molecule has 2 aromatic rings. The minimum absolute atomic E-state index is 0.436. The highest BCUT2D eigenvalue weighted by atomic mass is 35.5. The summed E-state index contributed by atoms with van der Waals surface area (Å²) in [5.41, 5.74) is 7.64. The summed E-state index contributed by atoms with van der Waals surface area (Å²) < 4.78 is 5.70. The summed E-state index contributed by atoms with van der Waals surface area (Å²) in [5, 5.41) is 0.550. The van der Waals surface area contributed by atoms with Crippen molar-refractivity contribution in [2.24, 2.45) is 0 Å². The van der Waals surface area contributed by atoms with Gasteiger partial charge in [-0.3, -0.25) is 0 Å². The lowest BCUT2D eigenvalue weighted by molar-refractivity contribution is 0.456. The van der Waals surface area contributed by atoms with E-state index in [1.807, 2.05) is 32.0 Å². The number of benzene rings is 1. The zero-order valence-electron chi connectivity index (χ0n) is 10.3. The standard InChI is InChI=1S/C13H14ClN3O/c1-3-9-12(15)16-7-17-13(9)18-11-5-4-8(2)6-10(11)14/h4-7H,3H2,1-2H3,(H2,15,16,17). The van der Waals surface area contributed by atoms with Crippen LogP contribution in [-0.2, 0) is 6.42 Å². The molecule has 1 aromatic carbocycles. The predicted octanol–water partition coefficient (Wildman–Crippen LogP) is 3.38. The maximum Gasteiger partial charge on any atom is 0.227 e. The quantitative estimate of drug-likeness (QED) is 0.922. The molecule has 18 heavy (non-hydrogen) atoms. The van der Waals surface area contributed by atoms with Crippen molar-refractivity contribution < 1.29 is 4.74 Å². The van der Waals surface area contributed by atoms with Crippen molar-refractivity contribution in [3.8, 4) is 11.6 Å². The second-order valence-corrected chi connectivity index (χ2v) is 4.34. The van der Waals surface area contributed by atoms with Gasteiger partial charge in [0, 0.05) is 0 Å². The highest BCUT2D eigenvalue weighted by molar-refractivity contribution is 6.32. The van der Waals surface area contributed by atoms with E-state index in [4.69, 9.17) is 22.1 Å². The molecule has 2 N–H and O–H groups in total. The van der Waals surface area contributed by atoms with Crippen LogP contribution in [0.15, 0.2) is 24.5 Å².